The van der Waals surface area contributed by atoms with Crippen LogP contribution in [-0.2, 0) is 9.59 Å². The van der Waals surface area contributed by atoms with Crippen LogP contribution in [0.2, 0.25) is 0 Å². The van der Waals surface area contributed by atoms with Gasteiger partial charge in [0.25, 0.3) is 0 Å². The van der Waals surface area contributed by atoms with Gasteiger partial charge in [-0.1, -0.05) is 18.2 Å². The van der Waals surface area contributed by atoms with Crippen LogP contribution < -0.4 is 10.7 Å². The third kappa shape index (κ3) is 2.41. The van der Waals surface area contributed by atoms with E-state index in [1.54, 1.807) is 6.07 Å². The molecule has 14 heavy (non-hydrogen) atoms. The zero-order chi connectivity index (χ0) is 10.6. The Morgan fingerprint density at radius 3 is 2.43 bits per heavy atom. The first-order valence-corrected chi connectivity index (χ1v) is 3.75. The van der Waals surface area contributed by atoms with Gasteiger partial charge in [0.05, 0.1) is 5.69 Å². The number of hydrogen-bond acceptors (Lipinski definition) is 3. The van der Waals surface area contributed by atoms with Gasteiger partial charge in [-0.05, 0) is 12.1 Å². The van der Waals surface area contributed by atoms with Crippen LogP contribution in [0.5, 0.6) is 0 Å². The highest BCUT2D eigenvalue weighted by molar-refractivity contribution is 6.36. The molecule has 0 fully saturated rings. The van der Waals surface area contributed by atoms with E-state index in [-0.39, 0.29) is 5.69 Å². The smallest absolute Gasteiger partial charge is 0.394 e. The first-order chi connectivity index (χ1) is 6.61. The van der Waals surface area contributed by atoms with Crippen LogP contribution in [0, 0.1) is 0 Å². The van der Waals surface area contributed by atoms with Gasteiger partial charge in [-0.25, -0.2) is 4.79 Å². The summed E-state index contributed by atoms with van der Waals surface area (Å²) in [5.41, 5.74) is -0.494. The summed E-state index contributed by atoms with van der Waals surface area (Å²) in [7, 11) is 0. The standard InChI is InChI=1S/C9H7NO4/c11-7-5-3-1-2-4-6(7)10-8(12)9(13)14/h1-5H,(H,13,14)(H,10,11,12). The highest BCUT2D eigenvalue weighted by Gasteiger charge is 2.11. The molecular formula is C9H7NO4. The van der Waals surface area contributed by atoms with E-state index in [4.69, 9.17) is 5.11 Å². The molecule has 0 heterocycles. The summed E-state index contributed by atoms with van der Waals surface area (Å²) in [5.74, 6) is -2.86. The Balaban J connectivity index is 3.00. The van der Waals surface area contributed by atoms with E-state index in [0.717, 1.165) is 0 Å². The lowest BCUT2D eigenvalue weighted by molar-refractivity contribution is -0.147. The van der Waals surface area contributed by atoms with E-state index in [1.165, 1.54) is 24.3 Å². The summed E-state index contributed by atoms with van der Waals surface area (Å²) in [4.78, 5) is 32.1. The fourth-order valence-corrected chi connectivity index (χ4v) is 0.810. The molecule has 0 aliphatic carbocycles. The highest BCUT2D eigenvalue weighted by Crippen LogP contribution is 1.96. The van der Waals surface area contributed by atoms with Gasteiger partial charge in [0.15, 0.2) is 0 Å². The average molecular weight is 193 g/mol. The number of anilines is 1. The van der Waals surface area contributed by atoms with Gasteiger partial charge in [0.2, 0.25) is 5.43 Å². The van der Waals surface area contributed by atoms with E-state index in [0.29, 0.717) is 0 Å². The summed E-state index contributed by atoms with van der Waals surface area (Å²) >= 11 is 0. The number of carboxylic acid groups (broad SMARTS) is 1. The lowest BCUT2D eigenvalue weighted by Crippen LogP contribution is -2.24. The van der Waals surface area contributed by atoms with Crippen molar-refractivity contribution in [2.75, 3.05) is 5.32 Å². The molecule has 2 N–H and O–H groups in total. The molecule has 0 saturated heterocycles. The molecule has 0 radical (unpaired) electrons. The molecule has 1 rings (SSSR count). The fraction of sp³-hybridized carbons (Fsp3) is 0. The number of amides is 1. The maximum Gasteiger partial charge on any atom is 0.394 e. The third-order valence-electron chi connectivity index (χ3n) is 1.44. The number of aliphatic carboxylic acids is 1. The Morgan fingerprint density at radius 2 is 1.79 bits per heavy atom. The van der Waals surface area contributed by atoms with Crippen molar-refractivity contribution in [3.8, 4) is 0 Å². The number of rotatable bonds is 1. The molecule has 0 aliphatic heterocycles. The van der Waals surface area contributed by atoms with E-state index in [9.17, 15) is 14.4 Å². The first kappa shape index (κ1) is 9.91. The van der Waals surface area contributed by atoms with Crippen molar-refractivity contribution in [3.05, 3.63) is 40.6 Å². The lowest BCUT2D eigenvalue weighted by Gasteiger charge is -1.96. The summed E-state index contributed by atoms with van der Waals surface area (Å²) in [6.45, 7) is 0. The van der Waals surface area contributed by atoms with Crippen molar-refractivity contribution in [2.24, 2.45) is 0 Å². The molecule has 0 aliphatic rings. The average Bonchev–Trinajstić information content (AvgIpc) is 2.32. The van der Waals surface area contributed by atoms with Crippen molar-refractivity contribution in [2.45, 2.75) is 0 Å². The normalized spacial score (nSPS) is 9.14. The summed E-state index contributed by atoms with van der Waals surface area (Å²) < 4.78 is 0. The minimum atomic E-state index is -1.63. The van der Waals surface area contributed by atoms with Gasteiger partial charge in [-0.3, -0.25) is 9.59 Å². The Hall–Kier alpha value is -2.17. The van der Waals surface area contributed by atoms with Gasteiger partial charge >= 0.3 is 11.9 Å². The molecule has 0 saturated carbocycles. The summed E-state index contributed by atoms with van der Waals surface area (Å²) in [6, 6.07) is 7.19. The van der Waals surface area contributed by atoms with Crippen molar-refractivity contribution < 1.29 is 14.7 Å². The number of nitrogens with one attached hydrogen (secondary N) is 1. The Bertz CT molecular complexity index is 427. The zero-order valence-corrected chi connectivity index (χ0v) is 7.06. The van der Waals surface area contributed by atoms with Crippen LogP contribution in [0.25, 0.3) is 0 Å². The maximum absolute atomic E-state index is 11.2. The van der Waals surface area contributed by atoms with Crippen LogP contribution in [0.3, 0.4) is 0 Å². The Kier molecular flexibility index (Phi) is 2.96. The largest absolute Gasteiger partial charge is 0.474 e. The summed E-state index contributed by atoms with van der Waals surface area (Å²) in [5, 5.41) is 10.3. The maximum atomic E-state index is 11.2. The number of carboxylic acids is 1. The predicted molar refractivity (Wildman–Crippen MR) is 49.0 cm³/mol. The van der Waals surface area contributed by atoms with Crippen LogP contribution in [0.4, 0.5) is 5.69 Å². The van der Waals surface area contributed by atoms with Crippen molar-refractivity contribution in [1.29, 1.82) is 0 Å². The van der Waals surface area contributed by atoms with E-state index < -0.39 is 17.3 Å². The van der Waals surface area contributed by atoms with Gasteiger partial charge < -0.3 is 10.4 Å². The second kappa shape index (κ2) is 4.18. The number of hydrogen-bond donors (Lipinski definition) is 2. The molecule has 1 aromatic carbocycles. The quantitative estimate of drug-likeness (QED) is 0.618. The first-order valence-electron chi connectivity index (χ1n) is 3.75. The Labute approximate surface area is 79.0 Å². The van der Waals surface area contributed by atoms with Gasteiger partial charge in [-0.15, -0.1) is 0 Å². The molecule has 1 amide bonds. The number of carbonyl (C=O) groups is 2. The molecule has 0 spiro atoms. The molecular weight excluding hydrogens is 186 g/mol. The SMILES string of the molecule is O=C(O)C(=O)Nc1cccccc1=O. The van der Waals surface area contributed by atoms with Crippen molar-refractivity contribution >= 4 is 17.6 Å². The molecule has 72 valence electrons. The van der Waals surface area contributed by atoms with Crippen LogP contribution >= 0.6 is 0 Å². The second-order valence-corrected chi connectivity index (χ2v) is 2.45. The molecule has 0 bridgehead atoms. The summed E-state index contributed by atoms with van der Waals surface area (Å²) in [6.07, 6.45) is 0. The highest BCUT2D eigenvalue weighted by atomic mass is 16.4. The topological polar surface area (TPSA) is 83.5 Å². The van der Waals surface area contributed by atoms with Crippen LogP contribution in [0.15, 0.2) is 35.1 Å². The van der Waals surface area contributed by atoms with E-state index in [1.807, 2.05) is 5.32 Å². The minimum absolute atomic E-state index is 0.0533. The zero-order valence-electron chi connectivity index (χ0n) is 7.06. The van der Waals surface area contributed by atoms with Crippen molar-refractivity contribution in [3.63, 3.8) is 0 Å². The van der Waals surface area contributed by atoms with Crippen LogP contribution in [-0.4, -0.2) is 17.0 Å². The molecule has 0 aromatic heterocycles. The van der Waals surface area contributed by atoms with Crippen molar-refractivity contribution in [1.82, 2.24) is 0 Å². The number of carbonyl (C=O) groups excluding carboxylic acids is 1. The second-order valence-electron chi connectivity index (χ2n) is 2.45. The monoisotopic (exact) mass is 193 g/mol. The molecule has 5 heteroatoms. The Morgan fingerprint density at radius 1 is 1.14 bits per heavy atom. The van der Waals surface area contributed by atoms with E-state index >= 15 is 0 Å². The molecule has 0 unspecified atom stereocenters. The van der Waals surface area contributed by atoms with Crippen LogP contribution in [0.1, 0.15) is 0 Å². The van der Waals surface area contributed by atoms with Gasteiger partial charge in [0, 0.05) is 0 Å². The molecule has 1 aromatic rings. The van der Waals surface area contributed by atoms with E-state index in [2.05, 4.69) is 0 Å². The minimum Gasteiger partial charge on any atom is -0.474 e. The van der Waals surface area contributed by atoms with Gasteiger partial charge in [0.1, 0.15) is 0 Å². The third-order valence-corrected chi connectivity index (χ3v) is 1.44. The molecule has 0 atom stereocenters. The lowest BCUT2D eigenvalue weighted by atomic mass is 10.4. The molecule has 5 nitrogen and oxygen atoms in total. The van der Waals surface area contributed by atoms with Gasteiger partial charge in [-0.2, -0.15) is 0 Å². The fourth-order valence-electron chi connectivity index (χ4n) is 0.810. The predicted octanol–water partition coefficient (Wildman–Crippen LogP) is 0.0699.